The predicted octanol–water partition coefficient (Wildman–Crippen LogP) is 1.59. The van der Waals surface area contributed by atoms with Gasteiger partial charge in [0.05, 0.1) is 11.1 Å². The van der Waals surface area contributed by atoms with Crippen LogP contribution in [-0.4, -0.2) is 49.7 Å². The lowest BCUT2D eigenvalue weighted by Crippen LogP contribution is -2.48. The van der Waals surface area contributed by atoms with E-state index < -0.39 is 11.4 Å². The molecule has 1 saturated heterocycles. The van der Waals surface area contributed by atoms with Crippen LogP contribution in [0.3, 0.4) is 0 Å². The standard InChI is InChI=1S/C16H18N4O3/c1-16(15(22)23)8-5-9-19(10-16)14(21)13-17-11-20(18-13)12-6-3-2-4-7-12/h2-4,6-7,11H,5,8-10H2,1H3,(H,22,23). The molecule has 0 radical (unpaired) electrons. The van der Waals surface area contributed by atoms with Crippen molar-refractivity contribution in [2.45, 2.75) is 19.8 Å². The Hall–Kier alpha value is -2.70. The first-order valence-corrected chi connectivity index (χ1v) is 7.49. The Bertz CT molecular complexity index is 728. The van der Waals surface area contributed by atoms with Gasteiger partial charge in [0.25, 0.3) is 5.91 Å². The van der Waals surface area contributed by atoms with Crippen LogP contribution in [0.2, 0.25) is 0 Å². The van der Waals surface area contributed by atoms with E-state index in [-0.39, 0.29) is 18.3 Å². The second-order valence-corrected chi connectivity index (χ2v) is 6.04. The third-order valence-electron chi connectivity index (χ3n) is 4.20. The summed E-state index contributed by atoms with van der Waals surface area (Å²) < 4.78 is 1.54. The summed E-state index contributed by atoms with van der Waals surface area (Å²) in [6.45, 7) is 2.38. The fourth-order valence-electron chi connectivity index (χ4n) is 2.79. The number of carboxylic acid groups (broad SMARTS) is 1. The summed E-state index contributed by atoms with van der Waals surface area (Å²) in [5.74, 6) is -1.12. The largest absolute Gasteiger partial charge is 0.481 e. The minimum atomic E-state index is -0.907. The van der Waals surface area contributed by atoms with Gasteiger partial charge in [-0.15, -0.1) is 5.10 Å². The van der Waals surface area contributed by atoms with Crippen LogP contribution >= 0.6 is 0 Å². The van der Waals surface area contributed by atoms with Gasteiger partial charge in [0, 0.05) is 13.1 Å². The number of amides is 1. The molecule has 120 valence electrons. The van der Waals surface area contributed by atoms with Crippen LogP contribution in [0.5, 0.6) is 0 Å². The molecule has 1 atom stereocenters. The molecule has 1 aliphatic heterocycles. The minimum absolute atomic E-state index is 0.0866. The van der Waals surface area contributed by atoms with Gasteiger partial charge in [-0.05, 0) is 31.9 Å². The number of aliphatic carboxylic acids is 1. The summed E-state index contributed by atoms with van der Waals surface area (Å²) in [6, 6.07) is 9.38. The fourth-order valence-corrected chi connectivity index (χ4v) is 2.79. The zero-order chi connectivity index (χ0) is 16.4. The quantitative estimate of drug-likeness (QED) is 0.929. The van der Waals surface area contributed by atoms with E-state index in [1.807, 2.05) is 30.3 Å². The van der Waals surface area contributed by atoms with Crippen molar-refractivity contribution in [3.8, 4) is 5.69 Å². The van der Waals surface area contributed by atoms with Crippen molar-refractivity contribution >= 4 is 11.9 Å². The molecular formula is C16H18N4O3. The van der Waals surface area contributed by atoms with Gasteiger partial charge < -0.3 is 10.0 Å². The highest BCUT2D eigenvalue weighted by Gasteiger charge is 2.40. The van der Waals surface area contributed by atoms with Crippen LogP contribution in [0, 0.1) is 5.41 Å². The minimum Gasteiger partial charge on any atom is -0.481 e. The van der Waals surface area contributed by atoms with Gasteiger partial charge in [0.15, 0.2) is 0 Å². The first-order chi connectivity index (χ1) is 11.0. The molecule has 3 rings (SSSR count). The van der Waals surface area contributed by atoms with Crippen molar-refractivity contribution < 1.29 is 14.7 Å². The third kappa shape index (κ3) is 2.94. The number of rotatable bonds is 3. The van der Waals surface area contributed by atoms with Gasteiger partial charge in [-0.2, -0.15) is 0 Å². The number of likely N-dealkylation sites (tertiary alicyclic amines) is 1. The smallest absolute Gasteiger partial charge is 0.311 e. The maximum atomic E-state index is 12.5. The van der Waals surface area contributed by atoms with Crippen molar-refractivity contribution in [1.82, 2.24) is 19.7 Å². The molecule has 0 saturated carbocycles. The average Bonchev–Trinajstić information content (AvgIpc) is 3.05. The Balaban J connectivity index is 1.79. The van der Waals surface area contributed by atoms with Gasteiger partial charge in [-0.25, -0.2) is 9.67 Å². The third-order valence-corrected chi connectivity index (χ3v) is 4.20. The molecule has 2 heterocycles. The number of nitrogens with zero attached hydrogens (tertiary/aromatic N) is 4. The van der Waals surface area contributed by atoms with Crippen molar-refractivity contribution in [2.24, 2.45) is 5.41 Å². The van der Waals surface area contributed by atoms with Gasteiger partial charge >= 0.3 is 5.97 Å². The molecule has 1 aromatic carbocycles. The number of hydrogen-bond donors (Lipinski definition) is 1. The molecule has 1 amide bonds. The van der Waals surface area contributed by atoms with Crippen LogP contribution in [0.1, 0.15) is 30.4 Å². The lowest BCUT2D eigenvalue weighted by molar-refractivity contribution is -0.150. The first-order valence-electron chi connectivity index (χ1n) is 7.49. The molecule has 1 N–H and O–H groups in total. The number of carboxylic acids is 1. The maximum Gasteiger partial charge on any atom is 0.311 e. The number of hydrogen-bond acceptors (Lipinski definition) is 4. The molecule has 1 aliphatic rings. The summed E-state index contributed by atoms with van der Waals surface area (Å²) in [6.07, 6.45) is 2.72. The first kappa shape index (κ1) is 15.2. The second-order valence-electron chi connectivity index (χ2n) is 6.04. The monoisotopic (exact) mass is 314 g/mol. The maximum absolute atomic E-state index is 12.5. The van der Waals surface area contributed by atoms with E-state index in [0.717, 1.165) is 5.69 Å². The van der Waals surface area contributed by atoms with Crippen molar-refractivity contribution in [3.63, 3.8) is 0 Å². The second kappa shape index (κ2) is 5.83. The summed E-state index contributed by atoms with van der Waals surface area (Å²) in [5.41, 5.74) is -0.0938. The van der Waals surface area contributed by atoms with Crippen molar-refractivity contribution in [2.75, 3.05) is 13.1 Å². The summed E-state index contributed by atoms with van der Waals surface area (Å²) in [5, 5.41) is 13.6. The van der Waals surface area contributed by atoms with Crippen LogP contribution in [0.15, 0.2) is 36.7 Å². The van der Waals surface area contributed by atoms with Crippen molar-refractivity contribution in [3.05, 3.63) is 42.5 Å². The normalized spacial score (nSPS) is 21.2. The lowest BCUT2D eigenvalue weighted by Gasteiger charge is -2.36. The SMILES string of the molecule is CC1(C(=O)O)CCCN(C(=O)c2ncn(-c3ccccc3)n2)C1. The lowest BCUT2D eigenvalue weighted by atomic mass is 9.82. The average molecular weight is 314 g/mol. The summed E-state index contributed by atoms with van der Waals surface area (Å²) in [4.78, 5) is 29.5. The Labute approximate surface area is 133 Å². The van der Waals surface area contributed by atoms with Crippen LogP contribution in [0.4, 0.5) is 0 Å². The van der Waals surface area contributed by atoms with Crippen LogP contribution in [0.25, 0.3) is 5.69 Å². The van der Waals surface area contributed by atoms with Gasteiger partial charge in [-0.3, -0.25) is 9.59 Å². The van der Waals surface area contributed by atoms with Crippen LogP contribution in [-0.2, 0) is 4.79 Å². The molecule has 0 aliphatic carbocycles. The molecule has 2 aromatic rings. The molecule has 23 heavy (non-hydrogen) atoms. The van der Waals surface area contributed by atoms with E-state index in [9.17, 15) is 14.7 Å². The molecule has 7 heteroatoms. The molecule has 1 fully saturated rings. The molecule has 0 bridgehead atoms. The molecule has 0 spiro atoms. The van der Waals surface area contributed by atoms with E-state index in [2.05, 4.69) is 10.1 Å². The highest BCUT2D eigenvalue weighted by molar-refractivity contribution is 5.91. The molecular weight excluding hydrogens is 296 g/mol. The number of carbonyl (C=O) groups is 2. The summed E-state index contributed by atoms with van der Waals surface area (Å²) in [7, 11) is 0. The highest BCUT2D eigenvalue weighted by atomic mass is 16.4. The Morgan fingerprint density at radius 1 is 1.26 bits per heavy atom. The van der Waals surface area contributed by atoms with E-state index >= 15 is 0 Å². The van der Waals surface area contributed by atoms with Crippen LogP contribution < -0.4 is 0 Å². The molecule has 1 unspecified atom stereocenters. The number of benzene rings is 1. The zero-order valence-corrected chi connectivity index (χ0v) is 12.8. The van der Waals surface area contributed by atoms with E-state index in [1.54, 1.807) is 6.92 Å². The number of aromatic nitrogens is 3. The van der Waals surface area contributed by atoms with Crippen molar-refractivity contribution in [1.29, 1.82) is 0 Å². The van der Waals surface area contributed by atoms with Gasteiger partial charge in [0.1, 0.15) is 6.33 Å². The number of piperidine rings is 1. The summed E-state index contributed by atoms with van der Waals surface area (Å²) >= 11 is 0. The topological polar surface area (TPSA) is 88.3 Å². The molecule has 1 aromatic heterocycles. The Kier molecular flexibility index (Phi) is 3.85. The van der Waals surface area contributed by atoms with Gasteiger partial charge in [0.2, 0.25) is 5.82 Å². The van der Waals surface area contributed by atoms with E-state index in [0.29, 0.717) is 19.4 Å². The zero-order valence-electron chi connectivity index (χ0n) is 12.8. The Morgan fingerprint density at radius 3 is 2.70 bits per heavy atom. The number of carbonyl (C=O) groups excluding carboxylic acids is 1. The number of para-hydroxylation sites is 1. The Morgan fingerprint density at radius 2 is 2.00 bits per heavy atom. The highest BCUT2D eigenvalue weighted by Crippen LogP contribution is 2.30. The molecule has 7 nitrogen and oxygen atoms in total. The van der Waals surface area contributed by atoms with E-state index in [4.69, 9.17) is 0 Å². The fraction of sp³-hybridized carbons (Fsp3) is 0.375. The predicted molar refractivity (Wildman–Crippen MR) is 82.2 cm³/mol. The van der Waals surface area contributed by atoms with E-state index in [1.165, 1.54) is 15.9 Å². The van der Waals surface area contributed by atoms with Gasteiger partial charge in [-0.1, -0.05) is 18.2 Å².